The van der Waals surface area contributed by atoms with Gasteiger partial charge in [0, 0.05) is 12.3 Å². The van der Waals surface area contributed by atoms with Gasteiger partial charge in [-0.1, -0.05) is 6.07 Å². The second-order valence-electron chi connectivity index (χ2n) is 4.26. The van der Waals surface area contributed by atoms with Gasteiger partial charge in [0.2, 0.25) is 0 Å². The maximum absolute atomic E-state index is 12.1. The number of amides is 2. The van der Waals surface area contributed by atoms with Crippen molar-refractivity contribution < 1.29 is 14.3 Å². The van der Waals surface area contributed by atoms with Crippen LogP contribution in [0.2, 0.25) is 0 Å². The summed E-state index contributed by atoms with van der Waals surface area (Å²) < 4.78 is 5.35. The van der Waals surface area contributed by atoms with Gasteiger partial charge in [0.05, 0.1) is 23.8 Å². The molecule has 0 aromatic heterocycles. The third kappa shape index (κ3) is 1.97. The van der Waals surface area contributed by atoms with Gasteiger partial charge >= 0.3 is 0 Å². The fourth-order valence-electron chi connectivity index (χ4n) is 2.12. The van der Waals surface area contributed by atoms with Gasteiger partial charge in [0.1, 0.15) is 0 Å². The number of nitrogen functional groups attached to an aromatic ring is 1. The molecule has 2 amide bonds. The van der Waals surface area contributed by atoms with Gasteiger partial charge in [-0.05, 0) is 26.0 Å². The molecule has 2 rings (SSSR count). The van der Waals surface area contributed by atoms with Crippen molar-refractivity contribution in [1.29, 1.82) is 0 Å². The van der Waals surface area contributed by atoms with Crippen LogP contribution in [0.5, 0.6) is 0 Å². The van der Waals surface area contributed by atoms with E-state index >= 15 is 0 Å². The van der Waals surface area contributed by atoms with Gasteiger partial charge < -0.3 is 10.5 Å². The standard InChI is InChI=1S/C13H16N2O3/c1-3-18-8(2)7-15-12(16)9-5-4-6-10(14)11(9)13(15)17/h4-6,8H,3,7,14H2,1-2H3. The normalized spacial score (nSPS) is 16.0. The average Bonchev–Trinajstić information content (AvgIpc) is 2.56. The van der Waals surface area contributed by atoms with Gasteiger partial charge in [-0.2, -0.15) is 0 Å². The van der Waals surface area contributed by atoms with Gasteiger partial charge in [-0.25, -0.2) is 0 Å². The van der Waals surface area contributed by atoms with Gasteiger partial charge in [0.25, 0.3) is 11.8 Å². The van der Waals surface area contributed by atoms with Crippen molar-refractivity contribution in [2.24, 2.45) is 0 Å². The molecule has 1 aromatic rings. The first-order valence-corrected chi connectivity index (χ1v) is 5.92. The molecule has 18 heavy (non-hydrogen) atoms. The number of nitrogens with two attached hydrogens (primary N) is 1. The lowest BCUT2D eigenvalue weighted by atomic mass is 10.1. The van der Waals surface area contributed by atoms with Crippen LogP contribution in [0, 0.1) is 0 Å². The third-order valence-corrected chi connectivity index (χ3v) is 2.92. The molecule has 0 radical (unpaired) electrons. The van der Waals surface area contributed by atoms with E-state index in [2.05, 4.69) is 0 Å². The summed E-state index contributed by atoms with van der Waals surface area (Å²) >= 11 is 0. The molecule has 1 aromatic carbocycles. The Morgan fingerprint density at radius 2 is 2.06 bits per heavy atom. The smallest absolute Gasteiger partial charge is 0.263 e. The molecule has 1 aliphatic rings. The zero-order valence-corrected chi connectivity index (χ0v) is 10.5. The number of anilines is 1. The Morgan fingerprint density at radius 1 is 1.33 bits per heavy atom. The number of imide groups is 1. The highest BCUT2D eigenvalue weighted by Gasteiger charge is 2.37. The number of nitrogens with zero attached hydrogens (tertiary/aromatic N) is 1. The molecule has 1 unspecified atom stereocenters. The molecular formula is C13H16N2O3. The van der Waals surface area contributed by atoms with Crippen LogP contribution in [0.1, 0.15) is 34.6 Å². The van der Waals surface area contributed by atoms with Crippen LogP contribution in [0.4, 0.5) is 5.69 Å². The van der Waals surface area contributed by atoms with E-state index in [1.165, 1.54) is 4.90 Å². The second-order valence-corrected chi connectivity index (χ2v) is 4.26. The fraction of sp³-hybridized carbons (Fsp3) is 0.385. The van der Waals surface area contributed by atoms with E-state index in [0.717, 1.165) is 0 Å². The number of benzene rings is 1. The molecule has 5 nitrogen and oxygen atoms in total. The molecule has 0 saturated carbocycles. The van der Waals surface area contributed by atoms with Crippen LogP contribution < -0.4 is 5.73 Å². The summed E-state index contributed by atoms with van der Waals surface area (Å²) in [5.74, 6) is -0.631. The van der Waals surface area contributed by atoms with E-state index in [1.54, 1.807) is 18.2 Å². The first kappa shape index (κ1) is 12.6. The molecule has 5 heteroatoms. The lowest BCUT2D eigenvalue weighted by Crippen LogP contribution is -2.36. The molecule has 1 aliphatic heterocycles. The predicted molar refractivity (Wildman–Crippen MR) is 67.3 cm³/mol. The largest absolute Gasteiger partial charge is 0.398 e. The van der Waals surface area contributed by atoms with E-state index in [1.807, 2.05) is 13.8 Å². The Kier molecular flexibility index (Phi) is 3.34. The SMILES string of the molecule is CCOC(C)CN1C(=O)c2cccc(N)c2C1=O. The summed E-state index contributed by atoms with van der Waals surface area (Å²) in [6.07, 6.45) is -0.182. The van der Waals surface area contributed by atoms with E-state index in [-0.39, 0.29) is 24.5 Å². The number of hydrogen-bond acceptors (Lipinski definition) is 4. The minimum Gasteiger partial charge on any atom is -0.398 e. The lowest BCUT2D eigenvalue weighted by molar-refractivity contribution is 0.0365. The van der Waals surface area contributed by atoms with E-state index in [4.69, 9.17) is 10.5 Å². The minimum atomic E-state index is -0.334. The van der Waals surface area contributed by atoms with Gasteiger partial charge in [0.15, 0.2) is 0 Å². The number of hydrogen-bond donors (Lipinski definition) is 1. The lowest BCUT2D eigenvalue weighted by Gasteiger charge is -2.19. The van der Waals surface area contributed by atoms with Crippen LogP contribution in [-0.2, 0) is 4.74 Å². The quantitative estimate of drug-likeness (QED) is 0.643. The predicted octanol–water partition coefficient (Wildman–Crippen LogP) is 1.29. The third-order valence-electron chi connectivity index (χ3n) is 2.92. The van der Waals surface area contributed by atoms with Crippen molar-refractivity contribution in [3.05, 3.63) is 29.3 Å². The summed E-state index contributed by atoms with van der Waals surface area (Å²) in [5, 5.41) is 0. The molecular weight excluding hydrogens is 232 g/mol. The second kappa shape index (κ2) is 4.78. The van der Waals surface area contributed by atoms with Crippen molar-refractivity contribution >= 4 is 17.5 Å². The highest BCUT2D eigenvalue weighted by atomic mass is 16.5. The Morgan fingerprint density at radius 3 is 2.67 bits per heavy atom. The van der Waals surface area contributed by atoms with Crippen molar-refractivity contribution in [2.45, 2.75) is 20.0 Å². The highest BCUT2D eigenvalue weighted by Crippen LogP contribution is 2.27. The van der Waals surface area contributed by atoms with Crippen molar-refractivity contribution in [3.63, 3.8) is 0 Å². The molecule has 0 bridgehead atoms. The maximum Gasteiger partial charge on any atom is 0.263 e. The van der Waals surface area contributed by atoms with Crippen LogP contribution >= 0.6 is 0 Å². The molecule has 0 saturated heterocycles. The average molecular weight is 248 g/mol. The summed E-state index contributed by atoms with van der Waals surface area (Å²) in [7, 11) is 0. The van der Waals surface area contributed by atoms with Gasteiger partial charge in [-0.3, -0.25) is 14.5 Å². The van der Waals surface area contributed by atoms with E-state index < -0.39 is 0 Å². The first-order valence-electron chi connectivity index (χ1n) is 5.92. The summed E-state index contributed by atoms with van der Waals surface area (Å²) in [5.41, 5.74) is 6.78. The van der Waals surface area contributed by atoms with Crippen LogP contribution in [-0.4, -0.2) is 36.0 Å². The minimum absolute atomic E-state index is 0.182. The number of carbonyl (C=O) groups is 2. The Balaban J connectivity index is 2.26. The zero-order valence-electron chi connectivity index (χ0n) is 10.5. The molecule has 0 spiro atoms. The molecule has 0 aliphatic carbocycles. The van der Waals surface area contributed by atoms with Crippen LogP contribution in [0.3, 0.4) is 0 Å². The number of ether oxygens (including phenoxy) is 1. The van der Waals surface area contributed by atoms with Crippen molar-refractivity contribution in [3.8, 4) is 0 Å². The first-order chi connectivity index (χ1) is 8.56. The van der Waals surface area contributed by atoms with Crippen molar-refractivity contribution in [1.82, 2.24) is 4.90 Å². The Hall–Kier alpha value is -1.88. The Labute approximate surface area is 106 Å². The summed E-state index contributed by atoms with van der Waals surface area (Å²) in [6.45, 7) is 4.50. The topological polar surface area (TPSA) is 72.6 Å². The molecule has 1 heterocycles. The number of rotatable bonds is 4. The molecule has 96 valence electrons. The van der Waals surface area contributed by atoms with Crippen LogP contribution in [0.15, 0.2) is 18.2 Å². The number of fused-ring (bicyclic) bond motifs is 1. The van der Waals surface area contributed by atoms with E-state index in [0.29, 0.717) is 23.4 Å². The monoisotopic (exact) mass is 248 g/mol. The highest BCUT2D eigenvalue weighted by molar-refractivity contribution is 6.23. The molecule has 1 atom stereocenters. The summed E-state index contributed by atoms with van der Waals surface area (Å²) in [6, 6.07) is 4.92. The zero-order chi connectivity index (χ0) is 13.3. The molecule has 2 N–H and O–H groups in total. The summed E-state index contributed by atoms with van der Waals surface area (Å²) in [4.78, 5) is 25.4. The molecule has 0 fully saturated rings. The van der Waals surface area contributed by atoms with E-state index in [9.17, 15) is 9.59 Å². The van der Waals surface area contributed by atoms with Crippen molar-refractivity contribution in [2.75, 3.05) is 18.9 Å². The number of carbonyl (C=O) groups excluding carboxylic acids is 2. The Bertz CT molecular complexity index is 499. The fourth-order valence-corrected chi connectivity index (χ4v) is 2.12. The van der Waals surface area contributed by atoms with Crippen LogP contribution in [0.25, 0.3) is 0 Å². The maximum atomic E-state index is 12.1. The van der Waals surface area contributed by atoms with Gasteiger partial charge in [-0.15, -0.1) is 0 Å².